The minimum atomic E-state index is -0.0889. The van der Waals surface area contributed by atoms with Gasteiger partial charge < -0.3 is 11.1 Å². The molecule has 0 spiro atoms. The SMILES string of the molecule is CCCCC1CCC(C(=O)NC2(CN)CCCCC2)CC1. The van der Waals surface area contributed by atoms with Gasteiger partial charge in [-0.2, -0.15) is 0 Å². The van der Waals surface area contributed by atoms with E-state index in [9.17, 15) is 4.79 Å². The van der Waals surface area contributed by atoms with Gasteiger partial charge in [0.25, 0.3) is 0 Å². The summed E-state index contributed by atoms with van der Waals surface area (Å²) in [5.41, 5.74) is 5.89. The minimum Gasteiger partial charge on any atom is -0.349 e. The Morgan fingerprint density at radius 2 is 1.81 bits per heavy atom. The smallest absolute Gasteiger partial charge is 0.223 e. The molecular weight excluding hydrogens is 260 g/mol. The van der Waals surface area contributed by atoms with Gasteiger partial charge in [-0.1, -0.05) is 45.4 Å². The highest BCUT2D eigenvalue weighted by Gasteiger charge is 2.35. The fourth-order valence-corrected chi connectivity index (χ4v) is 4.18. The first-order chi connectivity index (χ1) is 10.2. The molecule has 0 heterocycles. The molecule has 0 atom stereocenters. The van der Waals surface area contributed by atoms with Crippen LogP contribution in [-0.2, 0) is 4.79 Å². The number of nitrogens with two attached hydrogens (primary N) is 1. The van der Waals surface area contributed by atoms with Crippen LogP contribution in [0.4, 0.5) is 0 Å². The summed E-state index contributed by atoms with van der Waals surface area (Å²) in [6, 6.07) is 0. The second-order valence-electron chi connectivity index (χ2n) is 7.39. The molecule has 3 N–H and O–H groups in total. The second-order valence-corrected chi connectivity index (χ2v) is 7.39. The van der Waals surface area contributed by atoms with Crippen molar-refractivity contribution in [2.45, 2.75) is 89.5 Å². The molecule has 0 saturated heterocycles. The Hall–Kier alpha value is -0.570. The molecule has 1 amide bonds. The van der Waals surface area contributed by atoms with Crippen molar-refractivity contribution < 1.29 is 4.79 Å². The third-order valence-electron chi connectivity index (χ3n) is 5.77. The van der Waals surface area contributed by atoms with Gasteiger partial charge in [-0.15, -0.1) is 0 Å². The maximum absolute atomic E-state index is 12.6. The van der Waals surface area contributed by atoms with Crippen molar-refractivity contribution in [2.75, 3.05) is 6.54 Å². The molecule has 0 aliphatic heterocycles. The predicted molar refractivity (Wildman–Crippen MR) is 88.0 cm³/mol. The molecule has 21 heavy (non-hydrogen) atoms. The molecular formula is C18H34N2O. The monoisotopic (exact) mass is 294 g/mol. The van der Waals surface area contributed by atoms with Gasteiger partial charge in [0.2, 0.25) is 5.91 Å². The summed E-state index contributed by atoms with van der Waals surface area (Å²) >= 11 is 0. The summed E-state index contributed by atoms with van der Waals surface area (Å²) < 4.78 is 0. The largest absolute Gasteiger partial charge is 0.349 e. The maximum Gasteiger partial charge on any atom is 0.223 e. The van der Waals surface area contributed by atoms with Crippen LogP contribution in [0.5, 0.6) is 0 Å². The van der Waals surface area contributed by atoms with Crippen molar-refractivity contribution in [1.29, 1.82) is 0 Å². The maximum atomic E-state index is 12.6. The number of carbonyl (C=O) groups is 1. The molecule has 3 nitrogen and oxygen atoms in total. The molecule has 2 fully saturated rings. The van der Waals surface area contributed by atoms with Gasteiger partial charge in [0, 0.05) is 12.5 Å². The quantitative estimate of drug-likeness (QED) is 0.783. The van der Waals surface area contributed by atoms with Gasteiger partial charge in [-0.05, 0) is 44.4 Å². The third-order valence-corrected chi connectivity index (χ3v) is 5.77. The van der Waals surface area contributed by atoms with E-state index in [4.69, 9.17) is 5.73 Å². The van der Waals surface area contributed by atoms with Crippen LogP contribution >= 0.6 is 0 Å². The predicted octanol–water partition coefficient (Wildman–Crippen LogP) is 3.76. The van der Waals surface area contributed by atoms with E-state index < -0.39 is 0 Å². The second kappa shape index (κ2) is 8.17. The lowest BCUT2D eigenvalue weighted by molar-refractivity contribution is -0.128. The molecule has 0 aromatic rings. The number of hydrogen-bond acceptors (Lipinski definition) is 2. The zero-order valence-electron chi connectivity index (χ0n) is 13.8. The van der Waals surface area contributed by atoms with Crippen LogP contribution in [0.25, 0.3) is 0 Å². The van der Waals surface area contributed by atoms with E-state index >= 15 is 0 Å². The molecule has 2 aliphatic carbocycles. The van der Waals surface area contributed by atoms with Crippen molar-refractivity contribution in [3.05, 3.63) is 0 Å². The molecule has 2 saturated carbocycles. The van der Waals surface area contributed by atoms with Gasteiger partial charge >= 0.3 is 0 Å². The van der Waals surface area contributed by atoms with Gasteiger partial charge in [0.1, 0.15) is 0 Å². The van der Waals surface area contributed by atoms with Crippen LogP contribution < -0.4 is 11.1 Å². The number of rotatable bonds is 6. The summed E-state index contributed by atoms with van der Waals surface area (Å²) in [5, 5.41) is 3.35. The van der Waals surface area contributed by atoms with Crippen molar-refractivity contribution in [2.24, 2.45) is 17.6 Å². The van der Waals surface area contributed by atoms with Crippen molar-refractivity contribution in [3.8, 4) is 0 Å². The van der Waals surface area contributed by atoms with E-state index in [-0.39, 0.29) is 17.4 Å². The highest BCUT2D eigenvalue weighted by Crippen LogP contribution is 2.33. The topological polar surface area (TPSA) is 55.1 Å². The van der Waals surface area contributed by atoms with Gasteiger partial charge in [0.15, 0.2) is 0 Å². The molecule has 0 bridgehead atoms. The first-order valence-electron chi connectivity index (χ1n) is 9.21. The van der Waals surface area contributed by atoms with Gasteiger partial charge in [0.05, 0.1) is 5.54 Å². The average molecular weight is 294 g/mol. The molecule has 2 rings (SSSR count). The Morgan fingerprint density at radius 1 is 1.14 bits per heavy atom. The van der Waals surface area contributed by atoms with Crippen LogP contribution in [0.15, 0.2) is 0 Å². The van der Waals surface area contributed by atoms with Crippen molar-refractivity contribution >= 4 is 5.91 Å². The van der Waals surface area contributed by atoms with E-state index in [2.05, 4.69) is 12.2 Å². The van der Waals surface area contributed by atoms with E-state index in [0.717, 1.165) is 31.6 Å². The fourth-order valence-electron chi connectivity index (χ4n) is 4.18. The minimum absolute atomic E-state index is 0.0889. The zero-order valence-corrected chi connectivity index (χ0v) is 13.8. The molecule has 122 valence electrons. The van der Waals surface area contributed by atoms with Crippen LogP contribution in [0, 0.1) is 11.8 Å². The lowest BCUT2D eigenvalue weighted by Crippen LogP contribution is -2.56. The van der Waals surface area contributed by atoms with E-state index in [1.165, 1.54) is 51.4 Å². The molecule has 0 unspecified atom stereocenters. The number of hydrogen-bond donors (Lipinski definition) is 2. The number of amides is 1. The van der Waals surface area contributed by atoms with Crippen molar-refractivity contribution in [1.82, 2.24) is 5.32 Å². The third kappa shape index (κ3) is 4.70. The molecule has 0 radical (unpaired) electrons. The molecule has 3 heteroatoms. The first-order valence-corrected chi connectivity index (χ1v) is 9.21. The first kappa shape index (κ1) is 16.8. The summed E-state index contributed by atoms with van der Waals surface area (Å²) in [6.45, 7) is 2.86. The molecule has 0 aromatic heterocycles. The lowest BCUT2D eigenvalue weighted by atomic mass is 9.77. The Morgan fingerprint density at radius 3 is 2.38 bits per heavy atom. The lowest BCUT2D eigenvalue weighted by Gasteiger charge is -2.39. The Balaban J connectivity index is 1.78. The van der Waals surface area contributed by atoms with E-state index in [1.807, 2.05) is 0 Å². The normalized spacial score (nSPS) is 29.0. The number of nitrogens with one attached hydrogen (secondary N) is 1. The van der Waals surface area contributed by atoms with Gasteiger partial charge in [-0.25, -0.2) is 0 Å². The van der Waals surface area contributed by atoms with Crippen LogP contribution in [-0.4, -0.2) is 18.0 Å². The molecule has 2 aliphatic rings. The number of carbonyl (C=O) groups excluding carboxylic acids is 1. The van der Waals surface area contributed by atoms with Crippen LogP contribution in [0.3, 0.4) is 0 Å². The van der Waals surface area contributed by atoms with Gasteiger partial charge in [-0.3, -0.25) is 4.79 Å². The number of unbranched alkanes of at least 4 members (excludes halogenated alkanes) is 1. The van der Waals surface area contributed by atoms with E-state index in [0.29, 0.717) is 6.54 Å². The summed E-state index contributed by atoms with van der Waals surface area (Å²) in [5.74, 6) is 1.40. The fraction of sp³-hybridized carbons (Fsp3) is 0.944. The summed E-state index contributed by atoms with van der Waals surface area (Å²) in [6.07, 6.45) is 14.5. The standard InChI is InChI=1S/C18H34N2O/c1-2-3-7-15-8-10-16(11-9-15)17(21)20-18(14-19)12-5-4-6-13-18/h15-16H,2-14,19H2,1H3,(H,20,21). The Bertz CT molecular complexity index is 315. The van der Waals surface area contributed by atoms with Crippen LogP contribution in [0.1, 0.15) is 84.0 Å². The summed E-state index contributed by atoms with van der Waals surface area (Å²) in [7, 11) is 0. The highest BCUT2D eigenvalue weighted by molar-refractivity contribution is 5.79. The molecule has 0 aromatic carbocycles. The zero-order chi connectivity index (χ0) is 15.1. The highest BCUT2D eigenvalue weighted by atomic mass is 16.2. The van der Waals surface area contributed by atoms with Crippen molar-refractivity contribution in [3.63, 3.8) is 0 Å². The van der Waals surface area contributed by atoms with Crippen LogP contribution in [0.2, 0.25) is 0 Å². The Kier molecular flexibility index (Phi) is 6.53. The summed E-state index contributed by atoms with van der Waals surface area (Å²) in [4.78, 5) is 12.6. The van der Waals surface area contributed by atoms with E-state index in [1.54, 1.807) is 0 Å². The average Bonchev–Trinajstić information content (AvgIpc) is 2.54. The Labute approximate surface area is 130 Å².